The molecule has 8 nitrogen and oxygen atoms in total. The molecule has 1 unspecified atom stereocenters. The van der Waals surface area contributed by atoms with Crippen molar-refractivity contribution >= 4 is 50.7 Å². The lowest BCUT2D eigenvalue weighted by molar-refractivity contribution is -0.118. The number of fused-ring (bicyclic) bond motifs is 1. The van der Waals surface area contributed by atoms with Gasteiger partial charge in [-0.1, -0.05) is 54.1 Å². The number of piperazine rings is 1. The lowest BCUT2D eigenvalue weighted by Crippen LogP contribution is -2.43. The van der Waals surface area contributed by atoms with E-state index in [0.29, 0.717) is 15.7 Å². The Morgan fingerprint density at radius 1 is 1.05 bits per heavy atom. The zero-order valence-electron chi connectivity index (χ0n) is 19.8. The molecule has 1 atom stereocenters. The predicted octanol–water partition coefficient (Wildman–Crippen LogP) is 4.85. The third-order valence-electron chi connectivity index (χ3n) is 6.42. The second kappa shape index (κ2) is 10.3. The van der Waals surface area contributed by atoms with Gasteiger partial charge in [0.15, 0.2) is 11.2 Å². The summed E-state index contributed by atoms with van der Waals surface area (Å²) >= 11 is 8.26. The van der Waals surface area contributed by atoms with Crippen LogP contribution in [0, 0.1) is 0 Å². The molecule has 1 fully saturated rings. The first-order chi connectivity index (χ1) is 18.2. The first kappa shape index (κ1) is 23.6. The third-order valence-corrected chi connectivity index (χ3v) is 7.50. The molecule has 0 spiro atoms. The highest BCUT2D eigenvalue weighted by Gasteiger charge is 2.25. The Balaban J connectivity index is 1.34. The lowest BCUT2D eigenvalue weighted by atomic mass is 10.1. The van der Waals surface area contributed by atoms with Crippen LogP contribution in [0.25, 0.3) is 22.0 Å². The van der Waals surface area contributed by atoms with Crippen molar-refractivity contribution in [3.05, 3.63) is 89.2 Å². The average Bonchev–Trinajstić information content (AvgIpc) is 3.61. The quantitative estimate of drug-likeness (QED) is 0.327. The number of hydrogen-bond donors (Lipinski definition) is 2. The van der Waals surface area contributed by atoms with Gasteiger partial charge >= 0.3 is 0 Å². The van der Waals surface area contributed by atoms with Crippen LogP contribution in [-0.4, -0.2) is 51.8 Å². The highest BCUT2D eigenvalue weighted by atomic mass is 35.5. The number of nitrogens with zero attached hydrogens (tertiary/aromatic N) is 5. The molecule has 1 amide bonds. The van der Waals surface area contributed by atoms with Crippen LogP contribution in [0.3, 0.4) is 0 Å². The summed E-state index contributed by atoms with van der Waals surface area (Å²) in [5, 5.41) is 14.8. The third kappa shape index (κ3) is 4.81. The zero-order valence-corrected chi connectivity index (χ0v) is 21.4. The Labute approximate surface area is 222 Å². The van der Waals surface area contributed by atoms with E-state index in [1.165, 1.54) is 11.3 Å². The van der Waals surface area contributed by atoms with E-state index in [2.05, 4.69) is 25.5 Å². The molecule has 2 aromatic carbocycles. The number of amides is 1. The molecule has 37 heavy (non-hydrogen) atoms. The molecule has 1 aliphatic rings. The molecule has 5 aromatic rings. The highest BCUT2D eigenvalue weighted by molar-refractivity contribution is 7.13. The van der Waals surface area contributed by atoms with Crippen LogP contribution in [0.2, 0.25) is 5.02 Å². The predicted molar refractivity (Wildman–Crippen MR) is 148 cm³/mol. The van der Waals surface area contributed by atoms with Gasteiger partial charge in [0.25, 0.3) is 5.91 Å². The van der Waals surface area contributed by atoms with Crippen LogP contribution in [0.4, 0.5) is 10.9 Å². The van der Waals surface area contributed by atoms with Crippen molar-refractivity contribution < 1.29 is 4.79 Å². The summed E-state index contributed by atoms with van der Waals surface area (Å²) in [5.74, 6) is 0.738. The molecule has 186 valence electrons. The van der Waals surface area contributed by atoms with Gasteiger partial charge in [-0.15, -0.1) is 11.3 Å². The summed E-state index contributed by atoms with van der Waals surface area (Å²) in [6.45, 7) is 3.80. The maximum absolute atomic E-state index is 13.4. The normalized spacial score (nSPS) is 14.6. The molecule has 4 heterocycles. The van der Waals surface area contributed by atoms with Crippen molar-refractivity contribution in [2.75, 3.05) is 36.4 Å². The Kier molecular flexibility index (Phi) is 6.57. The van der Waals surface area contributed by atoms with Gasteiger partial charge in [0, 0.05) is 66.7 Å². The number of thiazole rings is 1. The molecule has 0 bridgehead atoms. The van der Waals surface area contributed by atoms with Crippen LogP contribution in [0.1, 0.15) is 11.6 Å². The molecule has 2 N–H and O–H groups in total. The maximum Gasteiger partial charge on any atom is 0.255 e. The topological polar surface area (TPSA) is 88.0 Å². The molecule has 6 rings (SSSR count). The minimum absolute atomic E-state index is 0.224. The molecule has 3 aromatic heterocycles. The fourth-order valence-electron chi connectivity index (χ4n) is 4.57. The number of carbonyl (C=O) groups is 1. The SMILES string of the molecule is O=C(Nc1nccs1)C(c1ccccc1)n1cc2ccc(-c3ccc(N4CCNCC4)nc3)c(Cl)c2n1. The molecule has 1 aliphatic heterocycles. The first-order valence-corrected chi connectivity index (χ1v) is 13.3. The molecule has 10 heteroatoms. The van der Waals surface area contributed by atoms with Crippen LogP contribution in [0.5, 0.6) is 0 Å². The monoisotopic (exact) mass is 529 g/mol. The van der Waals surface area contributed by atoms with Crippen LogP contribution >= 0.6 is 22.9 Å². The summed E-state index contributed by atoms with van der Waals surface area (Å²) < 4.78 is 1.67. The number of carbonyl (C=O) groups excluding carboxylic acids is 1. The summed E-state index contributed by atoms with van der Waals surface area (Å²) in [6.07, 6.45) is 5.37. The number of halogens is 1. The summed E-state index contributed by atoms with van der Waals surface area (Å²) in [5.41, 5.74) is 3.21. The molecule has 0 radical (unpaired) electrons. The van der Waals surface area contributed by atoms with Crippen molar-refractivity contribution in [2.45, 2.75) is 6.04 Å². The van der Waals surface area contributed by atoms with E-state index in [9.17, 15) is 4.79 Å². The number of nitrogens with one attached hydrogen (secondary N) is 2. The van der Waals surface area contributed by atoms with Gasteiger partial charge < -0.3 is 10.2 Å². The number of hydrogen-bond acceptors (Lipinski definition) is 7. The van der Waals surface area contributed by atoms with E-state index in [-0.39, 0.29) is 5.91 Å². The van der Waals surface area contributed by atoms with Gasteiger partial charge in [0.05, 0.1) is 5.02 Å². The lowest BCUT2D eigenvalue weighted by Gasteiger charge is -2.28. The van der Waals surface area contributed by atoms with Crippen molar-refractivity contribution in [2.24, 2.45) is 0 Å². The second-order valence-corrected chi connectivity index (χ2v) is 10.0. The van der Waals surface area contributed by atoms with Gasteiger partial charge in [0.2, 0.25) is 0 Å². The number of pyridine rings is 1. The zero-order chi connectivity index (χ0) is 25.2. The van der Waals surface area contributed by atoms with E-state index in [0.717, 1.165) is 54.1 Å². The van der Waals surface area contributed by atoms with E-state index >= 15 is 0 Å². The van der Waals surface area contributed by atoms with Crippen LogP contribution in [0.15, 0.2) is 78.6 Å². The second-order valence-electron chi connectivity index (χ2n) is 8.76. The van der Waals surface area contributed by atoms with Crippen molar-refractivity contribution in [3.8, 4) is 11.1 Å². The summed E-state index contributed by atoms with van der Waals surface area (Å²) in [4.78, 5) is 24.5. The van der Waals surface area contributed by atoms with E-state index in [4.69, 9.17) is 16.7 Å². The molecular formula is C27H24ClN7OS. The Hall–Kier alpha value is -3.79. The summed E-state index contributed by atoms with van der Waals surface area (Å²) in [6, 6.07) is 16.9. The number of benzene rings is 2. The fourth-order valence-corrected chi connectivity index (χ4v) is 5.42. The molecule has 1 saturated heterocycles. The minimum atomic E-state index is -0.683. The Morgan fingerprint density at radius 2 is 1.89 bits per heavy atom. The maximum atomic E-state index is 13.4. The molecule has 0 aliphatic carbocycles. The smallest absolute Gasteiger partial charge is 0.255 e. The van der Waals surface area contributed by atoms with Crippen molar-refractivity contribution in [1.29, 1.82) is 0 Å². The fraction of sp³-hybridized carbons (Fsp3) is 0.185. The van der Waals surface area contributed by atoms with E-state index in [1.807, 2.05) is 72.4 Å². The van der Waals surface area contributed by atoms with Crippen molar-refractivity contribution in [1.82, 2.24) is 25.1 Å². The molecule has 0 saturated carbocycles. The van der Waals surface area contributed by atoms with E-state index < -0.39 is 6.04 Å². The summed E-state index contributed by atoms with van der Waals surface area (Å²) in [7, 11) is 0. The highest BCUT2D eigenvalue weighted by Crippen LogP contribution is 2.35. The van der Waals surface area contributed by atoms with Gasteiger partial charge in [-0.25, -0.2) is 9.97 Å². The molecular weight excluding hydrogens is 506 g/mol. The number of aromatic nitrogens is 4. The standard InChI is InChI=1S/C27H24ClN7OS/c28-23-21(19-7-9-22(31-16-19)34-13-10-29-11-14-34)8-6-20-17-35(33-24(20)23)25(18-4-2-1-3-5-18)26(36)32-27-30-12-15-37-27/h1-9,12,15-17,25,29H,10-11,13-14H2,(H,30,32,36). The largest absolute Gasteiger partial charge is 0.354 e. The van der Waals surface area contributed by atoms with Gasteiger partial charge in [-0.3, -0.25) is 14.8 Å². The Morgan fingerprint density at radius 3 is 2.62 bits per heavy atom. The number of anilines is 2. The Bertz CT molecular complexity index is 1510. The van der Waals surface area contributed by atoms with Crippen LogP contribution in [-0.2, 0) is 4.79 Å². The van der Waals surface area contributed by atoms with Crippen LogP contribution < -0.4 is 15.5 Å². The van der Waals surface area contributed by atoms with Gasteiger partial charge in [0.1, 0.15) is 11.3 Å². The van der Waals surface area contributed by atoms with Gasteiger partial charge in [-0.2, -0.15) is 5.10 Å². The minimum Gasteiger partial charge on any atom is -0.354 e. The van der Waals surface area contributed by atoms with Crippen molar-refractivity contribution in [3.63, 3.8) is 0 Å². The van der Waals surface area contributed by atoms with E-state index in [1.54, 1.807) is 10.9 Å². The van der Waals surface area contributed by atoms with Gasteiger partial charge in [-0.05, 0) is 17.7 Å². The first-order valence-electron chi connectivity index (χ1n) is 12.0. The average molecular weight is 530 g/mol. The number of rotatable bonds is 6.